The predicted molar refractivity (Wildman–Crippen MR) is 217 cm³/mol. The number of aliphatic carboxylic acids is 1. The molecule has 2 atom stereocenters. The van der Waals surface area contributed by atoms with Crippen LogP contribution in [0.2, 0.25) is 0 Å². The number of hydrogen-bond acceptors (Lipinski definition) is 7. The third-order valence-corrected chi connectivity index (χ3v) is 8.67. The molecule has 0 saturated heterocycles. The summed E-state index contributed by atoms with van der Waals surface area (Å²) in [6.07, 6.45) is 43.5. The normalized spacial score (nSPS) is 13.8. The second kappa shape index (κ2) is 35.8. The molecule has 0 aliphatic rings. The number of ether oxygens (including phenoxy) is 3. The van der Waals surface area contributed by atoms with Crippen LogP contribution in [-0.2, 0) is 28.6 Å². The van der Waals surface area contributed by atoms with Crippen LogP contribution in [0.15, 0.2) is 72.9 Å². The van der Waals surface area contributed by atoms with Crippen LogP contribution < -0.4 is 5.11 Å². The summed E-state index contributed by atoms with van der Waals surface area (Å²) in [5, 5.41) is 11.6. The molecule has 2 unspecified atom stereocenters. The Labute approximate surface area is 323 Å². The number of carbonyl (C=O) groups excluding carboxylic acids is 3. The Morgan fingerprint density at radius 1 is 0.566 bits per heavy atom. The molecule has 0 heterocycles. The van der Waals surface area contributed by atoms with E-state index in [9.17, 15) is 19.5 Å². The van der Waals surface area contributed by atoms with Crippen molar-refractivity contribution in [3.05, 3.63) is 72.9 Å². The first-order valence-corrected chi connectivity index (χ1v) is 20.5. The van der Waals surface area contributed by atoms with E-state index in [-0.39, 0.29) is 42.7 Å². The fourth-order valence-electron chi connectivity index (χ4n) is 5.43. The molecule has 8 nitrogen and oxygen atoms in total. The number of quaternary nitrogens is 1. The zero-order valence-corrected chi connectivity index (χ0v) is 34.2. The summed E-state index contributed by atoms with van der Waals surface area (Å²) in [5.74, 6) is -1.79. The van der Waals surface area contributed by atoms with Crippen LogP contribution in [0, 0.1) is 0 Å². The molecule has 0 bridgehead atoms. The van der Waals surface area contributed by atoms with Crippen molar-refractivity contribution >= 4 is 17.9 Å². The SMILES string of the molecule is CCC/C=C/C=C/C=C/C=C/C=C/CCCCCCCC(=O)OCC(COCCC(C(=O)[O-])[N+](C)(C)C)OC(=O)CCCCCCC/C=C/CCCC. The molecule has 0 aromatic carbocycles. The molecule has 0 saturated carbocycles. The summed E-state index contributed by atoms with van der Waals surface area (Å²) in [5.41, 5.74) is 0. The van der Waals surface area contributed by atoms with Crippen LogP contribution in [0.25, 0.3) is 0 Å². The van der Waals surface area contributed by atoms with Gasteiger partial charge in [-0.3, -0.25) is 9.59 Å². The van der Waals surface area contributed by atoms with Crippen molar-refractivity contribution in [3.63, 3.8) is 0 Å². The number of esters is 2. The average molecular weight is 742 g/mol. The maximum atomic E-state index is 12.6. The predicted octanol–water partition coefficient (Wildman–Crippen LogP) is 9.46. The van der Waals surface area contributed by atoms with Crippen LogP contribution >= 0.6 is 0 Å². The molecule has 0 N–H and O–H groups in total. The van der Waals surface area contributed by atoms with Crippen molar-refractivity contribution in [2.45, 2.75) is 154 Å². The van der Waals surface area contributed by atoms with Gasteiger partial charge in [0.05, 0.1) is 40.3 Å². The minimum atomic E-state index is -1.13. The summed E-state index contributed by atoms with van der Waals surface area (Å²) in [4.78, 5) is 36.7. The number of carboxylic acids is 1. The third kappa shape index (κ3) is 34.3. The highest BCUT2D eigenvalue weighted by atomic mass is 16.6. The van der Waals surface area contributed by atoms with Gasteiger partial charge in [0.15, 0.2) is 6.10 Å². The van der Waals surface area contributed by atoms with Gasteiger partial charge < -0.3 is 28.6 Å². The van der Waals surface area contributed by atoms with Crippen LogP contribution in [0.5, 0.6) is 0 Å². The Hall–Kier alpha value is -3.23. The monoisotopic (exact) mass is 742 g/mol. The quantitative estimate of drug-likeness (QED) is 0.0210. The molecule has 0 fully saturated rings. The second-order valence-electron chi connectivity index (χ2n) is 14.6. The molecule has 0 aliphatic heterocycles. The molecular formula is C45H75NO7. The maximum absolute atomic E-state index is 12.6. The minimum absolute atomic E-state index is 0.0248. The number of hydrogen-bond donors (Lipinski definition) is 0. The van der Waals surface area contributed by atoms with E-state index in [1.165, 1.54) is 19.3 Å². The highest BCUT2D eigenvalue weighted by Gasteiger charge is 2.25. The van der Waals surface area contributed by atoms with E-state index in [4.69, 9.17) is 14.2 Å². The van der Waals surface area contributed by atoms with Gasteiger partial charge in [-0.2, -0.15) is 0 Å². The molecule has 0 aromatic rings. The Morgan fingerprint density at radius 2 is 1.06 bits per heavy atom. The van der Waals surface area contributed by atoms with Gasteiger partial charge in [-0.1, -0.05) is 145 Å². The van der Waals surface area contributed by atoms with Crippen molar-refractivity contribution in [2.24, 2.45) is 0 Å². The van der Waals surface area contributed by atoms with Crippen molar-refractivity contribution in [1.82, 2.24) is 0 Å². The Morgan fingerprint density at radius 3 is 1.60 bits per heavy atom. The lowest BCUT2D eigenvalue weighted by atomic mass is 10.1. The standard InChI is InChI=1S/C45H75NO7/c1-6-8-10-12-14-16-18-19-20-21-22-23-24-26-27-29-31-33-35-43(47)52-40-41(39-51-38-37-42(45(49)50)46(3,4)5)53-44(48)36-34-32-30-28-25-17-15-13-11-9-7-2/h10,12-16,18-23,41-42H,6-9,11,17,24-40H2,1-5H3/b12-10+,15-13+,16-14+,19-18+,21-20+,23-22+. The molecule has 0 rings (SSSR count). The summed E-state index contributed by atoms with van der Waals surface area (Å²) in [6.45, 7) is 4.47. The topological polar surface area (TPSA) is 102 Å². The van der Waals surface area contributed by atoms with Gasteiger partial charge in [0.25, 0.3) is 0 Å². The summed E-state index contributed by atoms with van der Waals surface area (Å²) in [7, 11) is 5.38. The van der Waals surface area contributed by atoms with Gasteiger partial charge in [-0.05, 0) is 51.4 Å². The third-order valence-electron chi connectivity index (χ3n) is 8.67. The lowest BCUT2D eigenvalue weighted by Gasteiger charge is -2.34. The number of allylic oxidation sites excluding steroid dienone is 12. The molecule has 0 aliphatic carbocycles. The van der Waals surface area contributed by atoms with E-state index in [1.54, 1.807) is 21.1 Å². The van der Waals surface area contributed by atoms with Crippen LogP contribution in [0.1, 0.15) is 142 Å². The fraction of sp³-hybridized carbons (Fsp3) is 0.667. The van der Waals surface area contributed by atoms with E-state index in [1.807, 2.05) is 36.5 Å². The van der Waals surface area contributed by atoms with E-state index in [0.717, 1.165) is 89.9 Å². The Kier molecular flexibility index (Phi) is 33.6. The lowest BCUT2D eigenvalue weighted by molar-refractivity contribution is -0.889. The first-order valence-electron chi connectivity index (χ1n) is 20.5. The summed E-state index contributed by atoms with van der Waals surface area (Å²) in [6, 6.07) is -0.733. The van der Waals surface area contributed by atoms with Crippen molar-refractivity contribution in [2.75, 3.05) is 41.0 Å². The average Bonchev–Trinajstić information content (AvgIpc) is 3.11. The van der Waals surface area contributed by atoms with Crippen LogP contribution in [-0.4, -0.2) is 75.5 Å². The Balaban J connectivity index is 4.44. The second-order valence-corrected chi connectivity index (χ2v) is 14.6. The molecule has 0 radical (unpaired) electrons. The van der Waals surface area contributed by atoms with E-state index in [2.05, 4.69) is 50.3 Å². The first-order chi connectivity index (χ1) is 25.6. The van der Waals surface area contributed by atoms with Crippen LogP contribution in [0.4, 0.5) is 0 Å². The minimum Gasteiger partial charge on any atom is -0.544 e. The van der Waals surface area contributed by atoms with Gasteiger partial charge in [0.1, 0.15) is 12.6 Å². The summed E-state index contributed by atoms with van der Waals surface area (Å²) < 4.78 is 17.1. The molecule has 53 heavy (non-hydrogen) atoms. The number of nitrogens with zero attached hydrogens (tertiary/aromatic N) is 1. The first kappa shape index (κ1) is 49.8. The smallest absolute Gasteiger partial charge is 0.306 e. The number of carboxylic acid groups (broad SMARTS) is 1. The van der Waals surface area contributed by atoms with Crippen molar-refractivity contribution in [3.8, 4) is 0 Å². The number of likely N-dealkylation sites (N-methyl/N-ethyl adjacent to an activating group) is 1. The molecule has 0 amide bonds. The molecular weight excluding hydrogens is 666 g/mol. The highest BCUT2D eigenvalue weighted by Crippen LogP contribution is 2.12. The Bertz CT molecular complexity index is 1100. The largest absolute Gasteiger partial charge is 0.544 e. The van der Waals surface area contributed by atoms with Gasteiger partial charge in [-0.25, -0.2) is 0 Å². The fourth-order valence-corrected chi connectivity index (χ4v) is 5.43. The summed E-state index contributed by atoms with van der Waals surface area (Å²) >= 11 is 0. The highest BCUT2D eigenvalue weighted by molar-refractivity contribution is 5.70. The van der Waals surface area contributed by atoms with E-state index >= 15 is 0 Å². The zero-order valence-electron chi connectivity index (χ0n) is 34.2. The zero-order chi connectivity index (χ0) is 39.3. The van der Waals surface area contributed by atoms with Gasteiger partial charge in [0, 0.05) is 19.3 Å². The van der Waals surface area contributed by atoms with Gasteiger partial charge >= 0.3 is 11.9 Å². The lowest BCUT2D eigenvalue weighted by Crippen LogP contribution is -2.55. The van der Waals surface area contributed by atoms with Crippen LogP contribution in [0.3, 0.4) is 0 Å². The van der Waals surface area contributed by atoms with Gasteiger partial charge in [0.2, 0.25) is 0 Å². The van der Waals surface area contributed by atoms with E-state index < -0.39 is 18.1 Å². The molecule has 8 heteroatoms. The molecule has 302 valence electrons. The van der Waals surface area contributed by atoms with E-state index in [0.29, 0.717) is 12.8 Å². The molecule has 0 spiro atoms. The van der Waals surface area contributed by atoms with Crippen molar-refractivity contribution in [1.29, 1.82) is 0 Å². The number of carbonyl (C=O) groups is 3. The maximum Gasteiger partial charge on any atom is 0.306 e. The van der Waals surface area contributed by atoms with Gasteiger partial charge in [-0.15, -0.1) is 0 Å². The molecule has 0 aromatic heterocycles. The number of unbranched alkanes of at least 4 members (excludes halogenated alkanes) is 13. The van der Waals surface area contributed by atoms with Crippen molar-refractivity contribution < 1.29 is 38.2 Å². The number of rotatable bonds is 35.